The van der Waals surface area contributed by atoms with Gasteiger partial charge in [0.1, 0.15) is 17.6 Å². The number of aliphatic hydroxyl groups is 1. The van der Waals surface area contributed by atoms with Crippen LogP contribution in [0.4, 0.5) is 4.39 Å². The van der Waals surface area contributed by atoms with Crippen molar-refractivity contribution in [2.24, 2.45) is 0 Å². The van der Waals surface area contributed by atoms with Crippen molar-refractivity contribution in [3.63, 3.8) is 0 Å². The fourth-order valence-corrected chi connectivity index (χ4v) is 0.911. The highest BCUT2D eigenvalue weighted by Gasteiger charge is 2.00. The Morgan fingerprint density at radius 1 is 1.46 bits per heavy atom. The molecule has 1 N–H and O–H groups in total. The lowest BCUT2D eigenvalue weighted by atomic mass is 10.2. The standard InChI is InChI=1S/C9H8FNO2/c10-8-3-7(6-12)4-9(5-8)13-2-1-11/h3-5,12H,2,6H2. The molecule has 0 saturated carbocycles. The average Bonchev–Trinajstić information content (AvgIpc) is 2.14. The number of benzene rings is 1. The average molecular weight is 181 g/mol. The summed E-state index contributed by atoms with van der Waals surface area (Å²) in [5, 5.41) is 16.9. The quantitative estimate of drug-likeness (QED) is 0.762. The van der Waals surface area contributed by atoms with Crippen molar-refractivity contribution in [2.75, 3.05) is 6.61 Å². The predicted octanol–water partition coefficient (Wildman–Crippen LogP) is 1.22. The first-order valence-electron chi connectivity index (χ1n) is 3.66. The molecule has 0 unspecified atom stereocenters. The zero-order chi connectivity index (χ0) is 9.68. The minimum Gasteiger partial charge on any atom is -0.479 e. The molecule has 68 valence electrons. The van der Waals surface area contributed by atoms with Crippen molar-refractivity contribution in [3.8, 4) is 11.8 Å². The maximum atomic E-state index is 12.8. The van der Waals surface area contributed by atoms with E-state index in [4.69, 9.17) is 15.1 Å². The molecule has 0 aliphatic rings. The number of hydrogen-bond donors (Lipinski definition) is 1. The molecule has 0 aliphatic carbocycles. The lowest BCUT2D eigenvalue weighted by molar-refractivity contribution is 0.279. The lowest BCUT2D eigenvalue weighted by Crippen LogP contribution is -1.95. The SMILES string of the molecule is N#CCOc1cc(F)cc(CO)c1. The number of hydrogen-bond acceptors (Lipinski definition) is 3. The maximum absolute atomic E-state index is 12.8. The van der Waals surface area contributed by atoms with Crippen LogP contribution in [-0.2, 0) is 6.61 Å². The fourth-order valence-electron chi connectivity index (χ4n) is 0.911. The van der Waals surface area contributed by atoms with E-state index < -0.39 is 5.82 Å². The van der Waals surface area contributed by atoms with Crippen molar-refractivity contribution >= 4 is 0 Å². The smallest absolute Gasteiger partial charge is 0.174 e. The number of nitrogens with zero attached hydrogens (tertiary/aromatic N) is 1. The van der Waals surface area contributed by atoms with Gasteiger partial charge in [0.15, 0.2) is 6.61 Å². The van der Waals surface area contributed by atoms with Gasteiger partial charge in [-0.2, -0.15) is 5.26 Å². The van der Waals surface area contributed by atoms with E-state index in [-0.39, 0.29) is 19.0 Å². The van der Waals surface area contributed by atoms with Crippen LogP contribution in [0.3, 0.4) is 0 Å². The molecule has 1 rings (SSSR count). The van der Waals surface area contributed by atoms with Gasteiger partial charge in [-0.1, -0.05) is 0 Å². The number of ether oxygens (including phenoxy) is 1. The summed E-state index contributed by atoms with van der Waals surface area (Å²) in [7, 11) is 0. The molecular weight excluding hydrogens is 173 g/mol. The molecule has 0 fully saturated rings. The molecule has 1 aromatic carbocycles. The first kappa shape index (κ1) is 9.49. The Kier molecular flexibility index (Phi) is 3.23. The van der Waals surface area contributed by atoms with Crippen molar-refractivity contribution < 1.29 is 14.2 Å². The third-order valence-electron chi connectivity index (χ3n) is 1.42. The van der Waals surface area contributed by atoms with E-state index in [1.807, 2.05) is 0 Å². The van der Waals surface area contributed by atoms with E-state index >= 15 is 0 Å². The zero-order valence-electron chi connectivity index (χ0n) is 6.83. The first-order valence-corrected chi connectivity index (χ1v) is 3.66. The van der Waals surface area contributed by atoms with Gasteiger partial charge in [0, 0.05) is 6.07 Å². The third-order valence-corrected chi connectivity index (χ3v) is 1.42. The highest BCUT2D eigenvalue weighted by atomic mass is 19.1. The molecule has 13 heavy (non-hydrogen) atoms. The van der Waals surface area contributed by atoms with E-state index in [9.17, 15) is 4.39 Å². The summed E-state index contributed by atoms with van der Waals surface area (Å²) in [5.41, 5.74) is 0.424. The van der Waals surface area contributed by atoms with Crippen molar-refractivity contribution in [1.82, 2.24) is 0 Å². The Balaban J connectivity index is 2.83. The topological polar surface area (TPSA) is 53.2 Å². The molecule has 0 saturated heterocycles. The zero-order valence-corrected chi connectivity index (χ0v) is 6.83. The molecule has 0 radical (unpaired) electrons. The van der Waals surface area contributed by atoms with Crippen LogP contribution >= 0.6 is 0 Å². The Morgan fingerprint density at radius 3 is 2.85 bits per heavy atom. The number of aliphatic hydroxyl groups excluding tert-OH is 1. The van der Waals surface area contributed by atoms with Crippen LogP contribution < -0.4 is 4.74 Å². The summed E-state index contributed by atoms with van der Waals surface area (Å²) in [6.07, 6.45) is 0. The largest absolute Gasteiger partial charge is 0.479 e. The van der Waals surface area contributed by atoms with Gasteiger partial charge in [-0.05, 0) is 17.7 Å². The molecule has 3 nitrogen and oxygen atoms in total. The second-order valence-electron chi connectivity index (χ2n) is 2.40. The molecule has 0 amide bonds. The van der Waals surface area contributed by atoms with Gasteiger partial charge in [-0.3, -0.25) is 0 Å². The van der Waals surface area contributed by atoms with Gasteiger partial charge < -0.3 is 9.84 Å². The molecule has 4 heteroatoms. The van der Waals surface area contributed by atoms with Crippen LogP contribution in [0, 0.1) is 17.1 Å². The number of nitriles is 1. The summed E-state index contributed by atoms with van der Waals surface area (Å²) >= 11 is 0. The third kappa shape index (κ3) is 2.73. The molecule has 1 aromatic rings. The maximum Gasteiger partial charge on any atom is 0.174 e. The highest BCUT2D eigenvalue weighted by Crippen LogP contribution is 2.16. The normalized spacial score (nSPS) is 9.31. The van der Waals surface area contributed by atoms with Crippen molar-refractivity contribution in [1.29, 1.82) is 5.26 Å². The second-order valence-corrected chi connectivity index (χ2v) is 2.40. The Bertz CT molecular complexity index is 333. The van der Waals surface area contributed by atoms with Gasteiger partial charge >= 0.3 is 0 Å². The minimum absolute atomic E-state index is 0.131. The predicted molar refractivity (Wildman–Crippen MR) is 43.4 cm³/mol. The van der Waals surface area contributed by atoms with Crippen LogP contribution in [0.25, 0.3) is 0 Å². The molecule has 0 heterocycles. The summed E-state index contributed by atoms with van der Waals surface area (Å²) in [6.45, 7) is -0.380. The summed E-state index contributed by atoms with van der Waals surface area (Å²) in [4.78, 5) is 0. The van der Waals surface area contributed by atoms with E-state index in [0.29, 0.717) is 5.56 Å². The minimum atomic E-state index is -0.487. The van der Waals surface area contributed by atoms with E-state index in [0.717, 1.165) is 6.07 Å². The van der Waals surface area contributed by atoms with Gasteiger partial charge in [-0.25, -0.2) is 4.39 Å². The van der Waals surface area contributed by atoms with Crippen LogP contribution in [0.5, 0.6) is 5.75 Å². The molecule has 0 bridgehead atoms. The van der Waals surface area contributed by atoms with Gasteiger partial charge in [0.2, 0.25) is 0 Å². The van der Waals surface area contributed by atoms with Gasteiger partial charge in [-0.15, -0.1) is 0 Å². The van der Waals surface area contributed by atoms with E-state index in [1.54, 1.807) is 6.07 Å². The summed E-state index contributed by atoms with van der Waals surface area (Å²) in [6, 6.07) is 5.62. The van der Waals surface area contributed by atoms with Gasteiger partial charge in [0.05, 0.1) is 6.61 Å². The molecule has 0 aliphatic heterocycles. The van der Waals surface area contributed by atoms with Crippen LogP contribution in [-0.4, -0.2) is 11.7 Å². The Labute approximate surface area is 75.0 Å². The summed E-state index contributed by atoms with van der Waals surface area (Å²) in [5.74, 6) is -0.231. The highest BCUT2D eigenvalue weighted by molar-refractivity contribution is 5.29. The van der Waals surface area contributed by atoms with Crippen LogP contribution in [0.2, 0.25) is 0 Å². The van der Waals surface area contributed by atoms with Crippen LogP contribution in [0.1, 0.15) is 5.56 Å². The lowest BCUT2D eigenvalue weighted by Gasteiger charge is -2.03. The fraction of sp³-hybridized carbons (Fsp3) is 0.222. The van der Waals surface area contributed by atoms with Crippen LogP contribution in [0.15, 0.2) is 18.2 Å². The van der Waals surface area contributed by atoms with E-state index in [2.05, 4.69) is 0 Å². The Hall–Kier alpha value is -1.60. The Morgan fingerprint density at radius 2 is 2.23 bits per heavy atom. The number of halogens is 1. The van der Waals surface area contributed by atoms with E-state index in [1.165, 1.54) is 12.1 Å². The molecule has 0 aromatic heterocycles. The molecular formula is C9H8FNO2. The first-order chi connectivity index (χ1) is 6.26. The second kappa shape index (κ2) is 4.43. The number of rotatable bonds is 3. The molecule has 0 atom stereocenters. The molecule has 0 spiro atoms. The monoisotopic (exact) mass is 181 g/mol. The van der Waals surface area contributed by atoms with Crippen molar-refractivity contribution in [2.45, 2.75) is 6.61 Å². The summed E-state index contributed by atoms with van der Waals surface area (Å²) < 4.78 is 17.6. The van der Waals surface area contributed by atoms with Crippen molar-refractivity contribution in [3.05, 3.63) is 29.6 Å². The van der Waals surface area contributed by atoms with Gasteiger partial charge in [0.25, 0.3) is 0 Å².